The molecule has 1 aromatic heterocycles. The smallest absolute Gasteiger partial charge is 0.127 e. The van der Waals surface area contributed by atoms with Gasteiger partial charge in [-0.15, -0.1) is 0 Å². The van der Waals surface area contributed by atoms with Crippen LogP contribution in [-0.2, 0) is 0 Å². The Morgan fingerprint density at radius 2 is 2.05 bits per heavy atom. The molecule has 0 atom stereocenters. The van der Waals surface area contributed by atoms with Gasteiger partial charge in [0.05, 0.1) is 0 Å². The van der Waals surface area contributed by atoms with Crippen molar-refractivity contribution >= 4 is 11.5 Å². The van der Waals surface area contributed by atoms with Crippen molar-refractivity contribution < 1.29 is 0 Å². The van der Waals surface area contributed by atoms with E-state index in [1.807, 2.05) is 6.20 Å². The largest absolute Gasteiger partial charge is 0.373 e. The number of hydrogen-bond donors (Lipinski definition) is 1. The van der Waals surface area contributed by atoms with E-state index in [1.165, 1.54) is 24.9 Å². The van der Waals surface area contributed by atoms with E-state index in [0.29, 0.717) is 5.54 Å². The number of nitrogens with zero attached hydrogens (tertiary/aromatic N) is 3. The van der Waals surface area contributed by atoms with Crippen molar-refractivity contribution in [2.75, 3.05) is 44.4 Å². The molecule has 2 rings (SSSR count). The van der Waals surface area contributed by atoms with E-state index in [2.05, 4.69) is 60.3 Å². The zero-order valence-electron chi connectivity index (χ0n) is 12.6. The highest BCUT2D eigenvalue weighted by molar-refractivity contribution is 5.53. The van der Waals surface area contributed by atoms with Gasteiger partial charge in [0, 0.05) is 43.6 Å². The highest BCUT2D eigenvalue weighted by Gasteiger charge is 2.39. The molecule has 0 unspecified atom stereocenters. The second-order valence-corrected chi connectivity index (χ2v) is 5.76. The van der Waals surface area contributed by atoms with Crippen LogP contribution in [0, 0.1) is 0 Å². The quantitative estimate of drug-likeness (QED) is 0.853. The third-order valence-corrected chi connectivity index (χ3v) is 4.31. The van der Waals surface area contributed by atoms with Gasteiger partial charge < -0.3 is 15.1 Å². The molecule has 19 heavy (non-hydrogen) atoms. The van der Waals surface area contributed by atoms with Crippen LogP contribution in [-0.4, -0.2) is 49.7 Å². The molecule has 1 fully saturated rings. The Kier molecular flexibility index (Phi) is 4.30. The molecule has 0 radical (unpaired) electrons. The van der Waals surface area contributed by atoms with Crippen molar-refractivity contribution in [3.05, 3.63) is 18.3 Å². The van der Waals surface area contributed by atoms with Crippen molar-refractivity contribution in [2.45, 2.75) is 31.7 Å². The summed E-state index contributed by atoms with van der Waals surface area (Å²) in [6, 6.07) is 4.22. The normalized spacial score (nSPS) is 17.1. The van der Waals surface area contributed by atoms with Crippen LogP contribution >= 0.6 is 0 Å². The zero-order valence-corrected chi connectivity index (χ0v) is 12.6. The first-order valence-electron chi connectivity index (χ1n) is 7.16. The summed E-state index contributed by atoms with van der Waals surface area (Å²) in [6.45, 7) is 4.07. The van der Waals surface area contributed by atoms with E-state index in [4.69, 9.17) is 0 Å². The van der Waals surface area contributed by atoms with Crippen LogP contribution in [0.2, 0.25) is 0 Å². The number of likely N-dealkylation sites (N-methyl/N-ethyl adjacent to an activating group) is 2. The molecule has 0 aromatic carbocycles. The molecule has 106 valence electrons. The van der Waals surface area contributed by atoms with Gasteiger partial charge in [-0.05, 0) is 46.3 Å². The summed E-state index contributed by atoms with van der Waals surface area (Å²) in [4.78, 5) is 9.07. The Bertz CT molecular complexity index is 412. The van der Waals surface area contributed by atoms with Crippen molar-refractivity contribution in [2.24, 2.45) is 0 Å². The fourth-order valence-electron chi connectivity index (χ4n) is 2.80. The summed E-state index contributed by atoms with van der Waals surface area (Å²) in [5.74, 6) is 0.958. The first-order chi connectivity index (χ1) is 9.07. The highest BCUT2D eigenvalue weighted by Crippen LogP contribution is 2.37. The van der Waals surface area contributed by atoms with Gasteiger partial charge in [-0.2, -0.15) is 0 Å². The summed E-state index contributed by atoms with van der Waals surface area (Å²) in [6.07, 6.45) is 5.84. The molecule has 0 aliphatic heterocycles. The first kappa shape index (κ1) is 14.1. The zero-order chi connectivity index (χ0) is 13.9. The molecule has 0 amide bonds. The molecule has 0 spiro atoms. The summed E-state index contributed by atoms with van der Waals surface area (Å²) >= 11 is 0. The second kappa shape index (κ2) is 5.78. The Morgan fingerprint density at radius 3 is 2.58 bits per heavy atom. The fourth-order valence-corrected chi connectivity index (χ4v) is 2.80. The van der Waals surface area contributed by atoms with Crippen LogP contribution in [0.3, 0.4) is 0 Å². The van der Waals surface area contributed by atoms with E-state index >= 15 is 0 Å². The van der Waals surface area contributed by atoms with Gasteiger partial charge in [0.15, 0.2) is 0 Å². The van der Waals surface area contributed by atoms with Crippen molar-refractivity contribution in [3.63, 3.8) is 0 Å². The molecule has 1 saturated carbocycles. The number of anilines is 2. The molecule has 4 heteroatoms. The molecule has 0 saturated heterocycles. The van der Waals surface area contributed by atoms with Gasteiger partial charge in [-0.25, -0.2) is 4.98 Å². The van der Waals surface area contributed by atoms with E-state index in [9.17, 15) is 0 Å². The first-order valence-corrected chi connectivity index (χ1v) is 7.16. The summed E-state index contributed by atoms with van der Waals surface area (Å²) in [5.41, 5.74) is 1.59. The van der Waals surface area contributed by atoms with Gasteiger partial charge >= 0.3 is 0 Å². The Balaban J connectivity index is 2.06. The van der Waals surface area contributed by atoms with Crippen molar-refractivity contribution in [1.82, 2.24) is 9.88 Å². The Labute approximate surface area is 116 Å². The maximum absolute atomic E-state index is 4.33. The van der Waals surface area contributed by atoms with Crippen LogP contribution in [0.15, 0.2) is 18.3 Å². The molecule has 0 bridgehead atoms. The standard InChI is InChI=1S/C15H26N4/c1-5-16-14-11-13(7-10-17-14)19(4)12-15(18(2)3)8-6-9-15/h7,10-11H,5-6,8-9,12H2,1-4H3,(H,16,17). The lowest BCUT2D eigenvalue weighted by Crippen LogP contribution is -2.56. The van der Waals surface area contributed by atoms with Crippen molar-refractivity contribution in [1.29, 1.82) is 0 Å². The van der Waals surface area contributed by atoms with Gasteiger partial charge in [-0.1, -0.05) is 0 Å². The number of aromatic nitrogens is 1. The topological polar surface area (TPSA) is 31.4 Å². The molecular weight excluding hydrogens is 236 g/mol. The van der Waals surface area contributed by atoms with E-state index in [0.717, 1.165) is 18.9 Å². The van der Waals surface area contributed by atoms with Crippen molar-refractivity contribution in [3.8, 4) is 0 Å². The molecule has 1 aliphatic rings. The van der Waals surface area contributed by atoms with Gasteiger partial charge in [0.25, 0.3) is 0 Å². The molecular formula is C15H26N4. The lowest BCUT2D eigenvalue weighted by Gasteiger charge is -2.49. The Hall–Kier alpha value is -1.29. The number of nitrogens with one attached hydrogen (secondary N) is 1. The van der Waals surface area contributed by atoms with E-state index in [-0.39, 0.29) is 0 Å². The molecule has 1 aromatic rings. The second-order valence-electron chi connectivity index (χ2n) is 5.76. The minimum atomic E-state index is 0.358. The van der Waals surface area contributed by atoms with Gasteiger partial charge in [-0.3, -0.25) is 0 Å². The van der Waals surface area contributed by atoms with E-state index in [1.54, 1.807) is 0 Å². The fraction of sp³-hybridized carbons (Fsp3) is 0.667. The molecule has 1 N–H and O–H groups in total. The van der Waals surface area contributed by atoms with Crippen LogP contribution in [0.1, 0.15) is 26.2 Å². The summed E-state index contributed by atoms with van der Waals surface area (Å²) in [7, 11) is 6.57. The SMILES string of the molecule is CCNc1cc(N(C)CC2(N(C)C)CCC2)ccn1. The highest BCUT2D eigenvalue weighted by atomic mass is 15.2. The number of hydrogen-bond acceptors (Lipinski definition) is 4. The predicted molar refractivity (Wildman–Crippen MR) is 81.9 cm³/mol. The van der Waals surface area contributed by atoms with Gasteiger partial charge in [0.2, 0.25) is 0 Å². The third-order valence-electron chi connectivity index (χ3n) is 4.31. The van der Waals surface area contributed by atoms with E-state index < -0.39 is 0 Å². The Morgan fingerprint density at radius 1 is 1.32 bits per heavy atom. The molecule has 1 aliphatic carbocycles. The molecule has 4 nitrogen and oxygen atoms in total. The minimum Gasteiger partial charge on any atom is -0.373 e. The average molecular weight is 262 g/mol. The third kappa shape index (κ3) is 3.00. The lowest BCUT2D eigenvalue weighted by molar-refractivity contribution is 0.0683. The van der Waals surface area contributed by atoms with Crippen LogP contribution in [0.25, 0.3) is 0 Å². The van der Waals surface area contributed by atoms with Crippen LogP contribution in [0.5, 0.6) is 0 Å². The molecule has 1 heterocycles. The predicted octanol–water partition coefficient (Wildman–Crippen LogP) is 2.43. The van der Waals surface area contributed by atoms with Crippen LogP contribution < -0.4 is 10.2 Å². The monoisotopic (exact) mass is 262 g/mol. The van der Waals surface area contributed by atoms with Crippen LogP contribution in [0.4, 0.5) is 11.5 Å². The minimum absolute atomic E-state index is 0.358. The maximum atomic E-state index is 4.33. The summed E-state index contributed by atoms with van der Waals surface area (Å²) < 4.78 is 0. The average Bonchev–Trinajstić information content (AvgIpc) is 2.34. The maximum Gasteiger partial charge on any atom is 0.127 e. The summed E-state index contributed by atoms with van der Waals surface area (Å²) in [5, 5.41) is 3.27. The number of rotatable bonds is 6. The van der Waals surface area contributed by atoms with Gasteiger partial charge in [0.1, 0.15) is 5.82 Å². The lowest BCUT2D eigenvalue weighted by atomic mass is 9.75. The number of pyridine rings is 1.